The van der Waals surface area contributed by atoms with Gasteiger partial charge in [0.15, 0.2) is 11.6 Å². The summed E-state index contributed by atoms with van der Waals surface area (Å²) in [6.45, 7) is 1.67. The summed E-state index contributed by atoms with van der Waals surface area (Å²) in [6.07, 6.45) is 0. The van der Waals surface area contributed by atoms with Crippen molar-refractivity contribution in [2.45, 2.75) is 13.0 Å². The lowest BCUT2D eigenvalue weighted by Crippen LogP contribution is -2.08. The van der Waals surface area contributed by atoms with Crippen LogP contribution in [0.25, 0.3) is 0 Å². The Labute approximate surface area is 118 Å². The molecule has 1 N–H and O–H groups in total. The van der Waals surface area contributed by atoms with Crippen molar-refractivity contribution < 1.29 is 18.1 Å². The third-order valence-corrected chi connectivity index (χ3v) is 2.97. The van der Waals surface area contributed by atoms with Crippen LogP contribution in [0.3, 0.4) is 0 Å². The molecule has 1 unspecified atom stereocenters. The highest BCUT2D eigenvalue weighted by Crippen LogP contribution is 2.25. The molecule has 0 fully saturated rings. The minimum absolute atomic E-state index is 0.306. The maximum absolute atomic E-state index is 13.2. The van der Waals surface area contributed by atoms with Crippen molar-refractivity contribution in [3.63, 3.8) is 0 Å². The number of halogens is 3. The highest BCUT2D eigenvalue weighted by molar-refractivity contribution is 5.53. The molecule has 0 aromatic heterocycles. The summed E-state index contributed by atoms with van der Waals surface area (Å²) in [7, 11) is 0. The van der Waals surface area contributed by atoms with Gasteiger partial charge in [0.05, 0.1) is 4.92 Å². The molecule has 0 radical (unpaired) electrons. The Morgan fingerprint density at radius 2 is 1.71 bits per heavy atom. The van der Waals surface area contributed by atoms with Gasteiger partial charge in [-0.05, 0) is 36.8 Å². The molecule has 0 spiro atoms. The number of benzene rings is 2. The Morgan fingerprint density at radius 3 is 2.33 bits per heavy atom. The van der Waals surface area contributed by atoms with E-state index in [2.05, 4.69) is 5.32 Å². The average Bonchev–Trinajstić information content (AvgIpc) is 2.43. The van der Waals surface area contributed by atoms with Gasteiger partial charge in [0.25, 0.3) is 0 Å². The van der Waals surface area contributed by atoms with Crippen LogP contribution in [0.1, 0.15) is 18.5 Å². The zero-order valence-electron chi connectivity index (χ0n) is 10.9. The molecule has 0 aliphatic heterocycles. The fourth-order valence-corrected chi connectivity index (χ4v) is 1.86. The van der Waals surface area contributed by atoms with E-state index in [-0.39, 0.29) is 0 Å². The topological polar surface area (TPSA) is 55.2 Å². The monoisotopic (exact) mass is 296 g/mol. The molecule has 4 nitrogen and oxygen atoms in total. The summed E-state index contributed by atoms with van der Waals surface area (Å²) in [5.41, 5.74) is 0.110. The lowest BCUT2D eigenvalue weighted by molar-refractivity contribution is -0.387. The summed E-state index contributed by atoms with van der Waals surface area (Å²) in [5.74, 6) is -2.87. The second kappa shape index (κ2) is 5.82. The first-order chi connectivity index (χ1) is 9.88. The van der Waals surface area contributed by atoms with Crippen LogP contribution in [0.5, 0.6) is 0 Å². The van der Waals surface area contributed by atoms with Crippen molar-refractivity contribution in [1.29, 1.82) is 0 Å². The summed E-state index contributed by atoms with van der Waals surface area (Å²) >= 11 is 0. The molecule has 0 aliphatic carbocycles. The molecule has 7 heteroatoms. The SMILES string of the molecule is CC(Nc1ccc(F)c([N+](=O)[O-])c1)c1ccc(F)c(F)c1. The number of nitrogens with one attached hydrogen (secondary N) is 1. The van der Waals surface area contributed by atoms with Crippen LogP contribution in [0.2, 0.25) is 0 Å². The van der Waals surface area contributed by atoms with Gasteiger partial charge in [-0.2, -0.15) is 4.39 Å². The van der Waals surface area contributed by atoms with E-state index in [1.807, 2.05) is 0 Å². The molecule has 0 amide bonds. The van der Waals surface area contributed by atoms with Gasteiger partial charge in [0, 0.05) is 17.8 Å². The van der Waals surface area contributed by atoms with E-state index >= 15 is 0 Å². The Morgan fingerprint density at radius 1 is 1.05 bits per heavy atom. The Balaban J connectivity index is 2.23. The summed E-state index contributed by atoms with van der Waals surface area (Å²) < 4.78 is 39.2. The molecule has 2 rings (SSSR count). The van der Waals surface area contributed by atoms with Gasteiger partial charge in [-0.1, -0.05) is 6.07 Å². The van der Waals surface area contributed by atoms with Gasteiger partial charge in [-0.15, -0.1) is 0 Å². The van der Waals surface area contributed by atoms with Gasteiger partial charge in [0.1, 0.15) is 0 Å². The standard InChI is InChI=1S/C14H11F3N2O2/c1-8(9-2-4-11(15)13(17)6-9)18-10-3-5-12(16)14(7-10)19(20)21/h2-8,18H,1H3. The van der Waals surface area contributed by atoms with Crippen LogP contribution in [-0.2, 0) is 0 Å². The Kier molecular flexibility index (Phi) is 4.11. The molecular formula is C14H11F3N2O2. The zero-order chi connectivity index (χ0) is 15.6. The molecule has 0 heterocycles. The molecule has 0 bridgehead atoms. The average molecular weight is 296 g/mol. The third kappa shape index (κ3) is 3.31. The van der Waals surface area contributed by atoms with E-state index in [4.69, 9.17) is 0 Å². The summed E-state index contributed by atoms with van der Waals surface area (Å²) in [5, 5.41) is 13.5. The maximum atomic E-state index is 13.2. The third-order valence-electron chi connectivity index (χ3n) is 2.97. The van der Waals surface area contributed by atoms with E-state index in [1.54, 1.807) is 6.92 Å². The molecule has 0 aliphatic rings. The zero-order valence-corrected chi connectivity index (χ0v) is 10.9. The first kappa shape index (κ1) is 14.8. The molecule has 0 saturated carbocycles. The van der Waals surface area contributed by atoms with E-state index in [0.717, 1.165) is 24.3 Å². The van der Waals surface area contributed by atoms with E-state index < -0.39 is 34.1 Å². The van der Waals surface area contributed by atoms with Crippen LogP contribution < -0.4 is 5.32 Å². The van der Waals surface area contributed by atoms with Gasteiger partial charge >= 0.3 is 5.69 Å². The predicted molar refractivity (Wildman–Crippen MR) is 71.5 cm³/mol. The van der Waals surface area contributed by atoms with Gasteiger partial charge < -0.3 is 5.32 Å². The predicted octanol–water partition coefficient (Wildman–Crippen LogP) is 4.19. The Bertz CT molecular complexity index is 692. The molecule has 110 valence electrons. The molecular weight excluding hydrogens is 285 g/mol. The Hall–Kier alpha value is -2.57. The fraction of sp³-hybridized carbons (Fsp3) is 0.143. The summed E-state index contributed by atoms with van der Waals surface area (Å²) in [6, 6.07) is 6.34. The van der Waals surface area contributed by atoms with E-state index in [9.17, 15) is 23.3 Å². The molecule has 0 saturated heterocycles. The maximum Gasteiger partial charge on any atom is 0.306 e. The van der Waals surface area contributed by atoms with Gasteiger partial charge in [0.2, 0.25) is 5.82 Å². The normalized spacial score (nSPS) is 12.0. The van der Waals surface area contributed by atoms with Crippen molar-refractivity contribution in [3.05, 3.63) is 69.5 Å². The van der Waals surface area contributed by atoms with Crippen molar-refractivity contribution in [3.8, 4) is 0 Å². The van der Waals surface area contributed by atoms with E-state index in [0.29, 0.717) is 11.3 Å². The number of anilines is 1. The highest BCUT2D eigenvalue weighted by atomic mass is 19.2. The van der Waals surface area contributed by atoms with Gasteiger partial charge in [-0.3, -0.25) is 10.1 Å². The fourth-order valence-electron chi connectivity index (χ4n) is 1.86. The first-order valence-corrected chi connectivity index (χ1v) is 6.04. The van der Waals surface area contributed by atoms with Crippen LogP contribution >= 0.6 is 0 Å². The van der Waals surface area contributed by atoms with Crippen molar-refractivity contribution in [2.75, 3.05) is 5.32 Å². The number of rotatable bonds is 4. The molecule has 2 aromatic rings. The molecule has 1 atom stereocenters. The van der Waals surface area contributed by atoms with Crippen LogP contribution in [-0.4, -0.2) is 4.92 Å². The molecule has 2 aromatic carbocycles. The molecule has 21 heavy (non-hydrogen) atoms. The van der Waals surface area contributed by atoms with E-state index in [1.165, 1.54) is 12.1 Å². The minimum atomic E-state index is -0.980. The lowest BCUT2D eigenvalue weighted by atomic mass is 10.1. The number of hydrogen-bond acceptors (Lipinski definition) is 3. The van der Waals surface area contributed by atoms with Crippen molar-refractivity contribution in [2.24, 2.45) is 0 Å². The smallest absolute Gasteiger partial charge is 0.306 e. The largest absolute Gasteiger partial charge is 0.378 e. The number of nitrogens with zero attached hydrogens (tertiary/aromatic N) is 1. The van der Waals surface area contributed by atoms with Crippen molar-refractivity contribution in [1.82, 2.24) is 0 Å². The second-order valence-corrected chi connectivity index (χ2v) is 4.46. The van der Waals surface area contributed by atoms with Gasteiger partial charge in [-0.25, -0.2) is 8.78 Å². The van der Waals surface area contributed by atoms with Crippen LogP contribution in [0, 0.1) is 27.6 Å². The number of nitro benzene ring substituents is 1. The number of nitro groups is 1. The number of hydrogen-bond donors (Lipinski definition) is 1. The first-order valence-electron chi connectivity index (χ1n) is 6.04. The summed E-state index contributed by atoms with van der Waals surface area (Å²) in [4.78, 5) is 9.83. The van der Waals surface area contributed by atoms with Crippen molar-refractivity contribution >= 4 is 11.4 Å². The van der Waals surface area contributed by atoms with Crippen LogP contribution in [0.15, 0.2) is 36.4 Å². The van der Waals surface area contributed by atoms with Crippen LogP contribution in [0.4, 0.5) is 24.5 Å². The second-order valence-electron chi connectivity index (χ2n) is 4.46. The minimum Gasteiger partial charge on any atom is -0.378 e. The highest BCUT2D eigenvalue weighted by Gasteiger charge is 2.16. The quantitative estimate of drug-likeness (QED) is 0.680. The lowest BCUT2D eigenvalue weighted by Gasteiger charge is -2.16.